The molecule has 0 atom stereocenters. The molecule has 0 aromatic heterocycles. The van der Waals surface area contributed by atoms with E-state index in [0.717, 1.165) is 43.7 Å². The molecule has 36 heavy (non-hydrogen) atoms. The maximum Gasteiger partial charge on any atom is 0.0801 e. The number of nitrogens with one attached hydrogen (secondary N) is 1. The highest BCUT2D eigenvalue weighted by Crippen LogP contribution is 2.35. The van der Waals surface area contributed by atoms with Gasteiger partial charge in [-0.2, -0.15) is 0 Å². The van der Waals surface area contributed by atoms with Gasteiger partial charge in [-0.3, -0.25) is 9.98 Å². The van der Waals surface area contributed by atoms with Crippen LogP contribution in [-0.2, 0) is 12.8 Å². The molecule has 1 N–H and O–H groups in total. The fourth-order valence-corrected chi connectivity index (χ4v) is 5.63. The van der Waals surface area contributed by atoms with E-state index >= 15 is 0 Å². The van der Waals surface area contributed by atoms with Crippen LogP contribution >= 0.6 is 11.9 Å². The van der Waals surface area contributed by atoms with Crippen LogP contribution in [0.15, 0.2) is 111 Å². The van der Waals surface area contributed by atoms with Crippen LogP contribution in [0.5, 0.6) is 0 Å². The minimum absolute atomic E-state index is 0.740. The van der Waals surface area contributed by atoms with Crippen molar-refractivity contribution in [3.05, 3.63) is 113 Å². The Labute approximate surface area is 219 Å². The summed E-state index contributed by atoms with van der Waals surface area (Å²) < 4.78 is 3.59. The van der Waals surface area contributed by atoms with E-state index in [1.807, 2.05) is 6.20 Å². The SMILES string of the molecule is CC1=NCC(NSc2ccccc2-c2ccc(C3=NC=CC3)cc2CCCCc2ccccc2)=C1C. The molecular weight excluding hydrogens is 458 g/mol. The van der Waals surface area contributed by atoms with E-state index in [-0.39, 0.29) is 0 Å². The van der Waals surface area contributed by atoms with Crippen LogP contribution in [0.4, 0.5) is 0 Å². The van der Waals surface area contributed by atoms with Crippen molar-refractivity contribution in [2.24, 2.45) is 9.98 Å². The lowest BCUT2D eigenvalue weighted by Gasteiger charge is -2.16. The molecule has 4 heteroatoms. The van der Waals surface area contributed by atoms with Crippen LogP contribution in [0.2, 0.25) is 0 Å². The minimum Gasteiger partial charge on any atom is -0.327 e. The first kappa shape index (κ1) is 24.3. The van der Waals surface area contributed by atoms with E-state index in [2.05, 4.69) is 107 Å². The average Bonchev–Trinajstić information content (AvgIpc) is 3.57. The number of aryl methyl sites for hydroxylation is 2. The van der Waals surface area contributed by atoms with Gasteiger partial charge in [0.1, 0.15) is 0 Å². The summed E-state index contributed by atoms with van der Waals surface area (Å²) in [6.07, 6.45) is 9.49. The molecule has 0 radical (unpaired) electrons. The second-order valence-corrected chi connectivity index (χ2v) is 10.3. The molecule has 3 aromatic carbocycles. The fourth-order valence-electron chi connectivity index (χ4n) is 4.74. The Morgan fingerprint density at radius 2 is 1.67 bits per heavy atom. The molecule has 2 heterocycles. The standard InChI is InChI=1S/C32H33N3S/c1-23-24(2)34-22-31(23)35-36-32-17-9-8-15-29(32)28-19-18-27(30-16-10-20-33-30)21-26(28)14-7-6-13-25-11-4-3-5-12-25/h3-5,8-12,15,17-21,35H,6-7,13-14,16,22H2,1-2H3. The summed E-state index contributed by atoms with van der Waals surface area (Å²) in [5, 5.41) is 0. The summed E-state index contributed by atoms with van der Waals surface area (Å²) in [5.74, 6) is 0. The molecule has 3 aromatic rings. The Kier molecular flexibility index (Phi) is 7.82. The van der Waals surface area contributed by atoms with Gasteiger partial charge in [0.05, 0.1) is 12.3 Å². The van der Waals surface area contributed by atoms with Gasteiger partial charge < -0.3 is 4.72 Å². The lowest BCUT2D eigenvalue weighted by molar-refractivity contribution is 0.735. The van der Waals surface area contributed by atoms with Crippen molar-refractivity contribution in [2.75, 3.05) is 6.54 Å². The first-order chi connectivity index (χ1) is 17.7. The van der Waals surface area contributed by atoms with E-state index in [9.17, 15) is 0 Å². The summed E-state index contributed by atoms with van der Waals surface area (Å²) in [5.41, 5.74) is 11.4. The Balaban J connectivity index is 1.38. The smallest absolute Gasteiger partial charge is 0.0801 e. The lowest BCUT2D eigenvalue weighted by Crippen LogP contribution is -2.07. The predicted molar refractivity (Wildman–Crippen MR) is 155 cm³/mol. The first-order valence-corrected chi connectivity index (χ1v) is 13.6. The summed E-state index contributed by atoms with van der Waals surface area (Å²) in [4.78, 5) is 10.4. The van der Waals surface area contributed by atoms with Crippen molar-refractivity contribution in [3.8, 4) is 11.1 Å². The number of benzene rings is 3. The number of rotatable bonds is 10. The molecule has 2 aliphatic heterocycles. The molecule has 3 nitrogen and oxygen atoms in total. The second kappa shape index (κ2) is 11.6. The van der Waals surface area contributed by atoms with Crippen molar-refractivity contribution in [2.45, 2.75) is 50.8 Å². The molecule has 2 aliphatic rings. The Morgan fingerprint density at radius 3 is 2.44 bits per heavy atom. The van der Waals surface area contributed by atoms with Crippen molar-refractivity contribution < 1.29 is 0 Å². The second-order valence-electron chi connectivity index (χ2n) is 9.43. The van der Waals surface area contributed by atoms with Crippen molar-refractivity contribution in [1.82, 2.24) is 4.72 Å². The topological polar surface area (TPSA) is 36.8 Å². The third kappa shape index (κ3) is 5.71. The van der Waals surface area contributed by atoms with Crippen molar-refractivity contribution in [3.63, 3.8) is 0 Å². The highest BCUT2D eigenvalue weighted by molar-refractivity contribution is 7.97. The lowest BCUT2D eigenvalue weighted by atomic mass is 9.92. The summed E-state index contributed by atoms with van der Waals surface area (Å²) in [7, 11) is 0. The van der Waals surface area contributed by atoms with Crippen LogP contribution in [-0.4, -0.2) is 18.0 Å². The Morgan fingerprint density at radius 1 is 0.861 bits per heavy atom. The molecule has 0 unspecified atom stereocenters. The summed E-state index contributed by atoms with van der Waals surface area (Å²) >= 11 is 1.69. The number of nitrogens with zero attached hydrogens (tertiary/aromatic N) is 2. The predicted octanol–water partition coefficient (Wildman–Crippen LogP) is 7.97. The largest absolute Gasteiger partial charge is 0.327 e. The van der Waals surface area contributed by atoms with Gasteiger partial charge >= 0.3 is 0 Å². The van der Waals surface area contributed by atoms with E-state index in [0.29, 0.717) is 0 Å². The van der Waals surface area contributed by atoms with E-state index in [4.69, 9.17) is 0 Å². The van der Waals surface area contributed by atoms with E-state index < -0.39 is 0 Å². The van der Waals surface area contributed by atoms with Crippen LogP contribution < -0.4 is 4.72 Å². The fraction of sp³-hybridized carbons (Fsp3) is 0.250. The van der Waals surface area contributed by atoms with E-state index in [1.165, 1.54) is 50.4 Å². The maximum atomic E-state index is 4.60. The first-order valence-electron chi connectivity index (χ1n) is 12.8. The molecular formula is C32H33N3S. The van der Waals surface area contributed by atoms with Gasteiger partial charge in [-0.05, 0) is 97.0 Å². The number of hydrogen-bond donors (Lipinski definition) is 1. The Bertz CT molecular complexity index is 1350. The highest BCUT2D eigenvalue weighted by Gasteiger charge is 2.16. The highest BCUT2D eigenvalue weighted by atomic mass is 32.2. The summed E-state index contributed by atoms with van der Waals surface area (Å²) in [6, 6.07) is 26.5. The van der Waals surface area contributed by atoms with Crippen LogP contribution in [0, 0.1) is 0 Å². The third-order valence-electron chi connectivity index (χ3n) is 7.02. The average molecular weight is 492 g/mol. The van der Waals surface area contributed by atoms with Crippen molar-refractivity contribution in [1.29, 1.82) is 0 Å². The zero-order valence-corrected chi connectivity index (χ0v) is 21.9. The number of aliphatic imine (C=N–C) groups is 2. The molecule has 0 aliphatic carbocycles. The van der Waals surface area contributed by atoms with Gasteiger partial charge in [0.15, 0.2) is 0 Å². The van der Waals surface area contributed by atoms with Crippen LogP contribution in [0.25, 0.3) is 11.1 Å². The van der Waals surface area contributed by atoms with Gasteiger partial charge in [0, 0.05) is 28.9 Å². The number of hydrogen-bond acceptors (Lipinski definition) is 4. The zero-order chi connectivity index (χ0) is 24.7. The van der Waals surface area contributed by atoms with Gasteiger partial charge in [-0.1, -0.05) is 66.7 Å². The molecule has 0 bridgehead atoms. The Hall–Kier alpha value is -3.37. The monoisotopic (exact) mass is 491 g/mol. The number of allylic oxidation sites excluding steroid dienone is 2. The normalized spacial score (nSPS) is 14.8. The molecule has 0 fully saturated rings. The van der Waals surface area contributed by atoms with E-state index in [1.54, 1.807) is 11.9 Å². The molecule has 0 saturated heterocycles. The minimum atomic E-state index is 0.740. The summed E-state index contributed by atoms with van der Waals surface area (Å²) in [6.45, 7) is 4.97. The molecule has 0 amide bonds. The third-order valence-corrected chi connectivity index (χ3v) is 7.95. The molecule has 0 saturated carbocycles. The van der Waals surface area contributed by atoms with Crippen LogP contribution in [0.1, 0.15) is 49.8 Å². The van der Waals surface area contributed by atoms with Gasteiger partial charge in [-0.25, -0.2) is 0 Å². The quantitative estimate of drug-likeness (QED) is 0.231. The van der Waals surface area contributed by atoms with Gasteiger partial charge in [-0.15, -0.1) is 0 Å². The molecule has 0 spiro atoms. The molecule has 182 valence electrons. The molecule has 5 rings (SSSR count). The van der Waals surface area contributed by atoms with Crippen LogP contribution in [0.3, 0.4) is 0 Å². The number of unbranched alkanes of at least 4 members (excludes halogenated alkanes) is 1. The van der Waals surface area contributed by atoms with Gasteiger partial charge in [0.2, 0.25) is 0 Å². The zero-order valence-electron chi connectivity index (χ0n) is 21.1. The maximum absolute atomic E-state index is 4.60. The van der Waals surface area contributed by atoms with Gasteiger partial charge in [0.25, 0.3) is 0 Å². The van der Waals surface area contributed by atoms with Crippen molar-refractivity contribution >= 4 is 23.4 Å².